The van der Waals surface area contributed by atoms with Crippen molar-refractivity contribution >= 4 is 15.9 Å². The van der Waals surface area contributed by atoms with Crippen molar-refractivity contribution in [3.05, 3.63) is 0 Å². The van der Waals surface area contributed by atoms with Gasteiger partial charge in [-0.3, -0.25) is 0 Å². The van der Waals surface area contributed by atoms with Crippen LogP contribution in [0.3, 0.4) is 0 Å². The molecule has 0 aromatic rings. The zero-order valence-corrected chi connectivity index (χ0v) is 16.7. The molecule has 4 aliphatic rings. The first kappa shape index (κ1) is 16.9. The summed E-state index contributed by atoms with van der Waals surface area (Å²) in [6.07, 6.45) is 10.7. The van der Waals surface area contributed by atoms with Crippen LogP contribution in [0.2, 0.25) is 0 Å². The molecule has 2 heteroatoms. The lowest BCUT2D eigenvalue weighted by molar-refractivity contribution is -0.138. The van der Waals surface area contributed by atoms with Crippen LogP contribution in [-0.4, -0.2) is 11.0 Å². The van der Waals surface area contributed by atoms with Gasteiger partial charge in [-0.05, 0) is 91.8 Å². The molecule has 0 radical (unpaired) electrons. The van der Waals surface area contributed by atoms with E-state index in [-0.39, 0.29) is 5.41 Å². The van der Waals surface area contributed by atoms with Gasteiger partial charge in [0.15, 0.2) is 0 Å². The second-order valence-electron chi connectivity index (χ2n) is 9.85. The Kier molecular flexibility index (Phi) is 4.19. The Bertz CT molecular complexity index is 465. The summed E-state index contributed by atoms with van der Waals surface area (Å²) in [5.74, 6) is 3.49. The van der Waals surface area contributed by atoms with Crippen molar-refractivity contribution in [2.75, 3.05) is 0 Å². The van der Waals surface area contributed by atoms with E-state index in [1.807, 2.05) is 0 Å². The normalized spacial score (nSPS) is 59.1. The summed E-state index contributed by atoms with van der Waals surface area (Å²) in [6.45, 7) is 7.39. The van der Waals surface area contributed by atoms with E-state index in [0.717, 1.165) is 30.6 Å². The lowest BCUT2D eigenvalue weighted by atomic mass is 9.44. The Hall–Kier alpha value is 0.410. The van der Waals surface area contributed by atoms with E-state index < -0.39 is 6.17 Å². The molecule has 0 spiro atoms. The topological polar surface area (TPSA) is 0 Å². The number of hydrogen-bond acceptors (Lipinski definition) is 0. The van der Waals surface area contributed by atoms with Gasteiger partial charge < -0.3 is 0 Å². The van der Waals surface area contributed by atoms with Gasteiger partial charge in [0.05, 0.1) is 0 Å². The summed E-state index contributed by atoms with van der Waals surface area (Å²) in [5, 5.41) is 0. The maximum atomic E-state index is 15.2. The minimum atomic E-state index is -0.538. The van der Waals surface area contributed by atoms with Crippen molar-refractivity contribution in [2.45, 2.75) is 89.6 Å². The number of rotatable bonds is 1. The lowest BCUT2D eigenvalue weighted by Crippen LogP contribution is -2.57. The Morgan fingerprint density at radius 2 is 1.65 bits per heavy atom. The Morgan fingerprint density at radius 3 is 2.39 bits per heavy atom. The van der Waals surface area contributed by atoms with Crippen molar-refractivity contribution in [3.63, 3.8) is 0 Å². The Labute approximate surface area is 150 Å². The smallest absolute Gasteiger partial charge is 0.104 e. The fraction of sp³-hybridized carbons (Fsp3) is 1.00. The van der Waals surface area contributed by atoms with E-state index in [4.69, 9.17) is 0 Å². The molecule has 23 heavy (non-hydrogen) atoms. The molecule has 0 bridgehead atoms. The fourth-order valence-corrected chi connectivity index (χ4v) is 9.04. The molecular formula is C21H34BrF. The molecule has 3 unspecified atom stereocenters. The number of halogens is 2. The van der Waals surface area contributed by atoms with Crippen molar-refractivity contribution < 1.29 is 4.39 Å². The lowest BCUT2D eigenvalue weighted by Gasteiger charge is -2.61. The molecule has 0 aliphatic heterocycles. The van der Waals surface area contributed by atoms with Gasteiger partial charge in [0.1, 0.15) is 6.17 Å². The average Bonchev–Trinajstić information content (AvgIpc) is 2.83. The second-order valence-corrected chi connectivity index (χ2v) is 11.1. The van der Waals surface area contributed by atoms with Gasteiger partial charge in [0.2, 0.25) is 0 Å². The highest BCUT2D eigenvalue weighted by Gasteiger charge is 2.62. The van der Waals surface area contributed by atoms with Crippen molar-refractivity contribution in [2.24, 2.45) is 40.4 Å². The van der Waals surface area contributed by atoms with Crippen LogP contribution in [0.1, 0.15) is 78.6 Å². The monoisotopic (exact) mass is 384 g/mol. The Morgan fingerprint density at radius 1 is 0.957 bits per heavy atom. The average molecular weight is 385 g/mol. The third-order valence-electron chi connectivity index (χ3n) is 9.21. The SMILES string of the molecule is CC[C@H]1CC[C@H]2[C@@H]3CC(F)C4CCC(Br)C[C@]4(C)[C@H]3CC[C@]12C. The van der Waals surface area contributed by atoms with Crippen molar-refractivity contribution in [1.82, 2.24) is 0 Å². The first-order valence-corrected chi connectivity index (χ1v) is 11.1. The highest BCUT2D eigenvalue weighted by atomic mass is 79.9. The molecule has 0 aromatic heterocycles. The van der Waals surface area contributed by atoms with Crippen molar-refractivity contribution in [1.29, 1.82) is 0 Å². The highest BCUT2D eigenvalue weighted by Crippen LogP contribution is 2.68. The van der Waals surface area contributed by atoms with E-state index in [1.54, 1.807) is 0 Å². The summed E-state index contributed by atoms with van der Waals surface area (Å²) >= 11 is 3.89. The standard InChI is InChI=1S/C21H34BrF/c1-4-13-5-7-16-15-11-19(23)18-8-6-14(22)12-21(18,3)17(15)9-10-20(13,16)2/h13-19H,4-12H2,1-3H3/t13-,14?,15-,16-,17-,18?,19?,20+,21+/m0/s1. The second kappa shape index (κ2) is 5.71. The molecule has 0 heterocycles. The van der Waals surface area contributed by atoms with Crippen LogP contribution in [0.15, 0.2) is 0 Å². The maximum absolute atomic E-state index is 15.2. The molecule has 4 saturated carbocycles. The predicted molar refractivity (Wildman–Crippen MR) is 98.5 cm³/mol. The molecule has 9 atom stereocenters. The maximum Gasteiger partial charge on any atom is 0.104 e. The molecule has 0 nitrogen and oxygen atoms in total. The van der Waals surface area contributed by atoms with Crippen LogP contribution >= 0.6 is 15.9 Å². The molecule has 0 aromatic carbocycles. The molecule has 4 aliphatic carbocycles. The number of fused-ring (bicyclic) bond motifs is 5. The van der Waals surface area contributed by atoms with Gasteiger partial charge in [-0.15, -0.1) is 0 Å². The van der Waals surface area contributed by atoms with Crippen LogP contribution in [0.25, 0.3) is 0 Å². The number of alkyl halides is 2. The van der Waals surface area contributed by atoms with E-state index in [0.29, 0.717) is 22.1 Å². The van der Waals surface area contributed by atoms with Gasteiger partial charge in [0.25, 0.3) is 0 Å². The molecule has 0 saturated heterocycles. The number of hydrogen-bond donors (Lipinski definition) is 0. The third-order valence-corrected chi connectivity index (χ3v) is 9.99. The predicted octanol–water partition coefficient (Wildman–Crippen LogP) is 6.77. The summed E-state index contributed by atoms with van der Waals surface area (Å²) < 4.78 is 15.2. The molecule has 0 N–H and O–H groups in total. The van der Waals surface area contributed by atoms with Crippen LogP contribution in [0.4, 0.5) is 4.39 Å². The summed E-state index contributed by atoms with van der Waals surface area (Å²) in [5.41, 5.74) is 0.766. The zero-order valence-electron chi connectivity index (χ0n) is 15.2. The molecule has 132 valence electrons. The van der Waals surface area contributed by atoms with Gasteiger partial charge in [-0.25, -0.2) is 4.39 Å². The minimum Gasteiger partial charge on any atom is -0.247 e. The van der Waals surface area contributed by atoms with Crippen LogP contribution in [-0.2, 0) is 0 Å². The van der Waals surface area contributed by atoms with E-state index in [9.17, 15) is 0 Å². The van der Waals surface area contributed by atoms with E-state index in [2.05, 4.69) is 36.7 Å². The van der Waals surface area contributed by atoms with Crippen molar-refractivity contribution in [3.8, 4) is 0 Å². The summed E-state index contributed by atoms with van der Waals surface area (Å²) in [7, 11) is 0. The van der Waals surface area contributed by atoms with Crippen LogP contribution < -0.4 is 0 Å². The fourth-order valence-electron chi connectivity index (χ4n) is 8.08. The quantitative estimate of drug-likeness (QED) is 0.437. The van der Waals surface area contributed by atoms with Crippen LogP contribution in [0.5, 0.6) is 0 Å². The van der Waals surface area contributed by atoms with Gasteiger partial charge in [-0.2, -0.15) is 0 Å². The van der Waals surface area contributed by atoms with Crippen LogP contribution in [0, 0.1) is 40.4 Å². The third kappa shape index (κ3) is 2.32. The summed E-state index contributed by atoms with van der Waals surface area (Å²) in [6, 6.07) is 0. The zero-order chi connectivity index (χ0) is 16.4. The van der Waals surface area contributed by atoms with E-state index >= 15 is 4.39 Å². The Balaban J connectivity index is 1.66. The molecule has 4 rings (SSSR count). The molecular weight excluding hydrogens is 351 g/mol. The largest absolute Gasteiger partial charge is 0.247 e. The first-order valence-electron chi connectivity index (χ1n) is 10.2. The van der Waals surface area contributed by atoms with Gasteiger partial charge in [-0.1, -0.05) is 43.1 Å². The van der Waals surface area contributed by atoms with E-state index in [1.165, 1.54) is 44.9 Å². The summed E-state index contributed by atoms with van der Waals surface area (Å²) in [4.78, 5) is 0.620. The minimum absolute atomic E-state index is 0.250. The highest BCUT2D eigenvalue weighted by molar-refractivity contribution is 9.09. The van der Waals surface area contributed by atoms with Gasteiger partial charge >= 0.3 is 0 Å². The van der Waals surface area contributed by atoms with Gasteiger partial charge in [0, 0.05) is 4.83 Å². The molecule has 4 fully saturated rings. The molecule has 0 amide bonds. The first-order chi connectivity index (χ1) is 10.9.